The molecule has 1 saturated heterocycles. The number of fused-ring (bicyclic) bond motifs is 1. The van der Waals surface area contributed by atoms with E-state index in [4.69, 9.17) is 0 Å². The first-order chi connectivity index (χ1) is 11.2. The van der Waals surface area contributed by atoms with Crippen LogP contribution in [0.4, 0.5) is 0 Å². The van der Waals surface area contributed by atoms with Crippen LogP contribution in [0.15, 0.2) is 24.3 Å². The van der Waals surface area contributed by atoms with Crippen molar-refractivity contribution in [3.05, 3.63) is 35.4 Å². The van der Waals surface area contributed by atoms with Crippen LogP contribution in [0.5, 0.6) is 0 Å². The highest BCUT2D eigenvalue weighted by molar-refractivity contribution is 5.88. The maximum absolute atomic E-state index is 12.8. The van der Waals surface area contributed by atoms with Crippen LogP contribution in [-0.4, -0.2) is 29.3 Å². The Morgan fingerprint density at radius 3 is 2.87 bits per heavy atom. The lowest BCUT2D eigenvalue weighted by molar-refractivity contribution is -0.142. The molecule has 1 heterocycles. The van der Waals surface area contributed by atoms with Crippen LogP contribution in [0.2, 0.25) is 0 Å². The summed E-state index contributed by atoms with van der Waals surface area (Å²) in [5, 5.41) is 3.20. The number of hydrogen-bond donors (Lipinski definition) is 1. The van der Waals surface area contributed by atoms with E-state index >= 15 is 0 Å². The molecule has 3 rings (SSSR count). The Balaban J connectivity index is 1.68. The Kier molecular flexibility index (Phi) is 4.99. The predicted octanol–water partition coefficient (Wildman–Crippen LogP) is 2.97. The molecule has 1 fully saturated rings. The van der Waals surface area contributed by atoms with Crippen molar-refractivity contribution in [1.29, 1.82) is 0 Å². The summed E-state index contributed by atoms with van der Waals surface area (Å²) in [6.45, 7) is 2.73. The predicted molar refractivity (Wildman–Crippen MR) is 89.9 cm³/mol. The zero-order valence-electron chi connectivity index (χ0n) is 13.9. The number of piperidine rings is 1. The van der Waals surface area contributed by atoms with Gasteiger partial charge in [-0.15, -0.1) is 0 Å². The van der Waals surface area contributed by atoms with Gasteiger partial charge in [0.2, 0.25) is 11.8 Å². The molecule has 1 N–H and O–H groups in total. The molecular formula is C19H26N2O2. The number of aryl methyl sites for hydroxylation is 1. The molecule has 4 nitrogen and oxygen atoms in total. The molecule has 1 aliphatic heterocycles. The fourth-order valence-electron chi connectivity index (χ4n) is 3.84. The van der Waals surface area contributed by atoms with Gasteiger partial charge in [0.05, 0.1) is 6.04 Å². The Hall–Kier alpha value is -1.84. The topological polar surface area (TPSA) is 49.4 Å². The van der Waals surface area contributed by atoms with Crippen molar-refractivity contribution in [2.24, 2.45) is 0 Å². The molecule has 124 valence electrons. The molecule has 2 atom stereocenters. The monoisotopic (exact) mass is 314 g/mol. The smallest absolute Gasteiger partial charge is 0.243 e. The van der Waals surface area contributed by atoms with Crippen molar-refractivity contribution < 1.29 is 9.59 Å². The van der Waals surface area contributed by atoms with Crippen molar-refractivity contribution in [2.45, 2.75) is 64.0 Å². The second-order valence-corrected chi connectivity index (χ2v) is 6.65. The third-order valence-corrected chi connectivity index (χ3v) is 5.04. The number of carbonyl (C=O) groups excluding carboxylic acids is 2. The van der Waals surface area contributed by atoms with Gasteiger partial charge in [-0.1, -0.05) is 31.2 Å². The highest BCUT2D eigenvalue weighted by atomic mass is 16.2. The molecule has 0 bridgehead atoms. The number of benzene rings is 1. The van der Waals surface area contributed by atoms with E-state index in [0.29, 0.717) is 6.42 Å². The first kappa shape index (κ1) is 16.0. The maximum atomic E-state index is 12.8. The first-order valence-electron chi connectivity index (χ1n) is 8.88. The molecule has 0 radical (unpaired) electrons. The van der Waals surface area contributed by atoms with E-state index in [1.165, 1.54) is 11.1 Å². The van der Waals surface area contributed by atoms with Gasteiger partial charge in [0.15, 0.2) is 0 Å². The van der Waals surface area contributed by atoms with Crippen LogP contribution in [0, 0.1) is 0 Å². The van der Waals surface area contributed by atoms with Crippen LogP contribution in [0.25, 0.3) is 0 Å². The summed E-state index contributed by atoms with van der Waals surface area (Å²) in [5.41, 5.74) is 2.57. The fraction of sp³-hybridized carbons (Fsp3) is 0.579. The lowest BCUT2D eigenvalue weighted by Gasteiger charge is -2.35. The molecule has 1 aromatic rings. The quantitative estimate of drug-likeness (QED) is 0.929. The second kappa shape index (κ2) is 7.16. The summed E-state index contributed by atoms with van der Waals surface area (Å²) in [5.74, 6) is 0.148. The van der Waals surface area contributed by atoms with Gasteiger partial charge in [-0.3, -0.25) is 9.59 Å². The van der Waals surface area contributed by atoms with E-state index in [-0.39, 0.29) is 23.9 Å². The molecule has 1 aliphatic carbocycles. The minimum Gasteiger partial charge on any atom is -0.347 e. The van der Waals surface area contributed by atoms with E-state index in [1.54, 1.807) is 0 Å². The van der Waals surface area contributed by atoms with Crippen molar-refractivity contribution >= 4 is 11.8 Å². The molecule has 0 unspecified atom stereocenters. The van der Waals surface area contributed by atoms with Crippen LogP contribution < -0.4 is 5.32 Å². The lowest BCUT2D eigenvalue weighted by Crippen LogP contribution is -2.52. The van der Waals surface area contributed by atoms with Crippen molar-refractivity contribution in [3.63, 3.8) is 0 Å². The number of hydrogen-bond acceptors (Lipinski definition) is 2. The molecule has 0 saturated carbocycles. The number of rotatable bonds is 4. The maximum Gasteiger partial charge on any atom is 0.243 e. The lowest BCUT2D eigenvalue weighted by atomic mass is 9.99. The van der Waals surface area contributed by atoms with E-state index in [0.717, 1.165) is 45.1 Å². The highest BCUT2D eigenvalue weighted by Gasteiger charge is 2.33. The third-order valence-electron chi connectivity index (χ3n) is 5.04. The highest BCUT2D eigenvalue weighted by Crippen LogP contribution is 2.31. The fourth-order valence-corrected chi connectivity index (χ4v) is 3.84. The molecule has 23 heavy (non-hydrogen) atoms. The van der Waals surface area contributed by atoms with Crippen LogP contribution in [0.3, 0.4) is 0 Å². The zero-order valence-corrected chi connectivity index (χ0v) is 13.9. The third kappa shape index (κ3) is 3.41. The molecule has 2 aliphatic rings. The second-order valence-electron chi connectivity index (χ2n) is 6.65. The van der Waals surface area contributed by atoms with Crippen LogP contribution in [-0.2, 0) is 16.0 Å². The minimum atomic E-state index is -0.282. The minimum absolute atomic E-state index is 0.0239. The molecule has 4 heteroatoms. The number of amides is 2. The van der Waals surface area contributed by atoms with Gasteiger partial charge in [-0.05, 0) is 49.7 Å². The van der Waals surface area contributed by atoms with Crippen molar-refractivity contribution in [2.75, 3.05) is 6.54 Å². The molecule has 2 amide bonds. The van der Waals surface area contributed by atoms with Gasteiger partial charge < -0.3 is 10.2 Å². The average Bonchev–Trinajstić information content (AvgIpc) is 2.98. The summed E-state index contributed by atoms with van der Waals surface area (Å²) in [7, 11) is 0. The summed E-state index contributed by atoms with van der Waals surface area (Å²) in [6.07, 6.45) is 6.16. The van der Waals surface area contributed by atoms with Gasteiger partial charge in [0.1, 0.15) is 6.04 Å². The van der Waals surface area contributed by atoms with E-state index in [1.807, 2.05) is 17.9 Å². The summed E-state index contributed by atoms with van der Waals surface area (Å²) in [4.78, 5) is 26.9. The van der Waals surface area contributed by atoms with E-state index in [9.17, 15) is 9.59 Å². The van der Waals surface area contributed by atoms with Gasteiger partial charge in [-0.2, -0.15) is 0 Å². The van der Waals surface area contributed by atoms with Crippen LogP contribution >= 0.6 is 0 Å². The Morgan fingerprint density at radius 1 is 1.22 bits per heavy atom. The summed E-state index contributed by atoms with van der Waals surface area (Å²) >= 11 is 0. The largest absolute Gasteiger partial charge is 0.347 e. The molecule has 1 aromatic carbocycles. The SMILES string of the molecule is CCCC(=O)N1CCCC[C@@H]1C(=O)N[C@H]1CCc2ccccc21. The number of nitrogens with one attached hydrogen (secondary N) is 1. The van der Waals surface area contributed by atoms with Crippen molar-refractivity contribution in [3.8, 4) is 0 Å². The Morgan fingerprint density at radius 2 is 2.04 bits per heavy atom. The van der Waals surface area contributed by atoms with E-state index in [2.05, 4.69) is 23.5 Å². The Bertz CT molecular complexity index is 584. The number of carbonyl (C=O) groups is 2. The number of nitrogens with zero attached hydrogens (tertiary/aromatic N) is 1. The average molecular weight is 314 g/mol. The standard InChI is InChI=1S/C19H26N2O2/c1-2-7-18(22)21-13-6-5-10-17(21)19(23)20-16-12-11-14-8-3-4-9-15(14)16/h3-4,8-9,16-17H,2,5-7,10-13H2,1H3,(H,20,23)/t16-,17+/m0/s1. The molecule has 0 spiro atoms. The summed E-state index contributed by atoms with van der Waals surface area (Å²) < 4.78 is 0. The summed E-state index contributed by atoms with van der Waals surface area (Å²) in [6, 6.07) is 8.14. The molecule has 0 aromatic heterocycles. The van der Waals surface area contributed by atoms with Gasteiger partial charge in [0, 0.05) is 13.0 Å². The van der Waals surface area contributed by atoms with Gasteiger partial charge >= 0.3 is 0 Å². The van der Waals surface area contributed by atoms with Gasteiger partial charge in [-0.25, -0.2) is 0 Å². The van der Waals surface area contributed by atoms with Gasteiger partial charge in [0.25, 0.3) is 0 Å². The Labute approximate surface area is 138 Å². The number of likely N-dealkylation sites (tertiary alicyclic amines) is 1. The normalized spacial score (nSPS) is 23.4. The molecular weight excluding hydrogens is 288 g/mol. The van der Waals surface area contributed by atoms with Crippen molar-refractivity contribution in [1.82, 2.24) is 10.2 Å². The zero-order chi connectivity index (χ0) is 16.2. The first-order valence-corrected chi connectivity index (χ1v) is 8.88. The van der Waals surface area contributed by atoms with Crippen LogP contribution in [0.1, 0.15) is 62.6 Å². The van der Waals surface area contributed by atoms with E-state index < -0.39 is 0 Å².